The highest BCUT2D eigenvalue weighted by Gasteiger charge is 2.66. The van der Waals surface area contributed by atoms with Crippen molar-refractivity contribution in [2.45, 2.75) is 56.0 Å². The Balaban J connectivity index is 1.62. The number of anilines is 1. The lowest BCUT2D eigenvalue weighted by atomic mass is 9.64. The number of piperidine rings is 2. The molecule has 0 unspecified atom stereocenters. The topological polar surface area (TPSA) is 35.5 Å². The van der Waals surface area contributed by atoms with Crippen LogP contribution in [0.25, 0.3) is 0 Å². The fourth-order valence-electron chi connectivity index (χ4n) is 6.60. The first-order valence-corrected chi connectivity index (χ1v) is 9.01. The van der Waals surface area contributed by atoms with Gasteiger partial charge in [-0.15, -0.1) is 0 Å². The maximum absolute atomic E-state index is 9.70. The van der Waals surface area contributed by atoms with Gasteiger partial charge in [-0.2, -0.15) is 0 Å². The zero-order valence-corrected chi connectivity index (χ0v) is 13.2. The summed E-state index contributed by atoms with van der Waals surface area (Å²) in [6.07, 6.45) is 7.45. The van der Waals surface area contributed by atoms with Gasteiger partial charge in [0, 0.05) is 24.3 Å². The van der Waals surface area contributed by atoms with Crippen molar-refractivity contribution >= 4 is 5.69 Å². The summed E-state index contributed by atoms with van der Waals surface area (Å²) in [5.41, 5.74) is 3.50. The van der Waals surface area contributed by atoms with Crippen LogP contribution in [0.4, 0.5) is 5.69 Å². The molecule has 3 heterocycles. The quantitative estimate of drug-likeness (QED) is 0.881. The SMILES string of the molecule is OCC[C@@]12CCCN3CC[C@@H]4c5ccccc5N[C@]4(CC1)[C@H]32. The zero-order chi connectivity index (χ0) is 14.8. The molecule has 3 aliphatic heterocycles. The minimum atomic E-state index is 0.234. The molecule has 1 aromatic carbocycles. The predicted octanol–water partition coefficient (Wildman–Crippen LogP) is 2.97. The molecule has 22 heavy (non-hydrogen) atoms. The number of nitrogens with one attached hydrogen (secondary N) is 1. The first-order chi connectivity index (χ1) is 10.8. The fraction of sp³-hybridized carbons (Fsp3) is 0.684. The molecule has 0 radical (unpaired) electrons. The molecular formula is C19H26N2O. The van der Waals surface area contributed by atoms with Crippen LogP contribution in [-0.4, -0.2) is 41.3 Å². The molecule has 118 valence electrons. The van der Waals surface area contributed by atoms with E-state index in [0.717, 1.165) is 6.42 Å². The number of benzene rings is 1. The molecule has 1 spiro atoms. The maximum atomic E-state index is 9.70. The summed E-state index contributed by atoms with van der Waals surface area (Å²) in [7, 11) is 0. The Morgan fingerprint density at radius 1 is 1.18 bits per heavy atom. The molecule has 4 atom stereocenters. The van der Waals surface area contributed by atoms with Crippen LogP contribution < -0.4 is 5.32 Å². The van der Waals surface area contributed by atoms with E-state index < -0.39 is 0 Å². The third-order valence-corrected chi connectivity index (χ3v) is 7.23. The van der Waals surface area contributed by atoms with Crippen LogP contribution in [0.15, 0.2) is 24.3 Å². The lowest BCUT2D eigenvalue weighted by Crippen LogP contribution is -2.65. The number of aliphatic hydroxyl groups excluding tert-OH is 1. The van der Waals surface area contributed by atoms with Crippen molar-refractivity contribution in [1.29, 1.82) is 0 Å². The van der Waals surface area contributed by atoms with Crippen LogP contribution >= 0.6 is 0 Å². The van der Waals surface area contributed by atoms with Crippen molar-refractivity contribution in [1.82, 2.24) is 4.90 Å². The molecule has 2 N–H and O–H groups in total. The molecular weight excluding hydrogens is 272 g/mol. The molecule has 0 aromatic heterocycles. The normalized spacial score (nSPS) is 42.4. The minimum absolute atomic E-state index is 0.234. The van der Waals surface area contributed by atoms with Gasteiger partial charge in [-0.25, -0.2) is 0 Å². The van der Waals surface area contributed by atoms with Gasteiger partial charge in [0.2, 0.25) is 0 Å². The van der Waals surface area contributed by atoms with Crippen LogP contribution in [0.3, 0.4) is 0 Å². The van der Waals surface area contributed by atoms with Crippen molar-refractivity contribution in [3.8, 4) is 0 Å². The van der Waals surface area contributed by atoms with E-state index in [4.69, 9.17) is 0 Å². The van der Waals surface area contributed by atoms with Crippen LogP contribution in [0.1, 0.15) is 50.0 Å². The Bertz CT molecular complexity index is 599. The van der Waals surface area contributed by atoms with Gasteiger partial charge in [-0.05, 0) is 68.7 Å². The number of aliphatic hydroxyl groups is 1. The maximum Gasteiger partial charge on any atom is 0.0603 e. The lowest BCUT2D eigenvalue weighted by molar-refractivity contribution is -0.0287. The number of hydrogen-bond donors (Lipinski definition) is 2. The number of hydrogen-bond acceptors (Lipinski definition) is 3. The molecule has 3 heteroatoms. The molecule has 3 nitrogen and oxygen atoms in total. The summed E-state index contributed by atoms with van der Waals surface area (Å²) in [5.74, 6) is 0.670. The molecule has 5 rings (SSSR count). The van der Waals surface area contributed by atoms with Crippen LogP contribution in [0, 0.1) is 5.41 Å². The highest BCUT2D eigenvalue weighted by Crippen LogP contribution is 2.64. The van der Waals surface area contributed by atoms with E-state index in [-0.39, 0.29) is 5.54 Å². The van der Waals surface area contributed by atoms with Crippen molar-refractivity contribution in [3.63, 3.8) is 0 Å². The Morgan fingerprint density at radius 2 is 2.09 bits per heavy atom. The predicted molar refractivity (Wildman–Crippen MR) is 88.1 cm³/mol. The summed E-state index contributed by atoms with van der Waals surface area (Å²) in [6, 6.07) is 9.58. The Hall–Kier alpha value is -1.06. The summed E-state index contributed by atoms with van der Waals surface area (Å²) in [6.45, 7) is 2.84. The highest BCUT2D eigenvalue weighted by atomic mass is 16.3. The molecule has 4 aliphatic rings. The number of para-hydroxylation sites is 1. The van der Waals surface area contributed by atoms with Gasteiger partial charge < -0.3 is 10.4 Å². The standard InChI is InChI=1S/C19H26N2O/c22-13-10-18-7-3-11-21-12-6-15-14-4-1-2-5-16(14)20-19(15,9-8-18)17(18)21/h1-2,4-5,15,17,20,22H,3,6-13H2/t15-,17-,18-,19+/m1/s1. The second kappa shape index (κ2) is 4.48. The largest absolute Gasteiger partial charge is 0.396 e. The monoisotopic (exact) mass is 298 g/mol. The van der Waals surface area contributed by atoms with E-state index in [1.807, 2.05) is 0 Å². The van der Waals surface area contributed by atoms with Gasteiger partial charge in [-0.3, -0.25) is 4.90 Å². The number of fused-ring (bicyclic) bond motifs is 2. The Morgan fingerprint density at radius 3 is 3.00 bits per heavy atom. The van der Waals surface area contributed by atoms with E-state index in [9.17, 15) is 5.11 Å². The van der Waals surface area contributed by atoms with Gasteiger partial charge in [0.1, 0.15) is 0 Å². The second-order valence-corrected chi connectivity index (χ2v) is 7.97. The second-order valence-electron chi connectivity index (χ2n) is 7.97. The lowest BCUT2D eigenvalue weighted by Gasteiger charge is -2.56. The Labute approximate surface area is 132 Å². The smallest absolute Gasteiger partial charge is 0.0603 e. The van der Waals surface area contributed by atoms with Crippen molar-refractivity contribution in [2.75, 3.05) is 25.0 Å². The van der Waals surface area contributed by atoms with Crippen LogP contribution in [-0.2, 0) is 0 Å². The summed E-state index contributed by atoms with van der Waals surface area (Å²) in [5, 5.41) is 13.7. The van der Waals surface area contributed by atoms with Gasteiger partial charge >= 0.3 is 0 Å². The third kappa shape index (κ3) is 1.49. The van der Waals surface area contributed by atoms with E-state index in [1.54, 1.807) is 5.56 Å². The van der Waals surface area contributed by atoms with Crippen LogP contribution in [0.2, 0.25) is 0 Å². The summed E-state index contributed by atoms with van der Waals surface area (Å²) >= 11 is 0. The molecule has 1 saturated carbocycles. The number of rotatable bonds is 2. The molecule has 3 fully saturated rings. The molecule has 2 saturated heterocycles. The first kappa shape index (κ1) is 13.4. The average molecular weight is 298 g/mol. The van der Waals surface area contributed by atoms with E-state index in [0.29, 0.717) is 24.0 Å². The minimum Gasteiger partial charge on any atom is -0.396 e. The van der Waals surface area contributed by atoms with Gasteiger partial charge in [0.25, 0.3) is 0 Å². The first-order valence-electron chi connectivity index (χ1n) is 9.01. The van der Waals surface area contributed by atoms with Gasteiger partial charge in [-0.1, -0.05) is 18.2 Å². The van der Waals surface area contributed by atoms with E-state index >= 15 is 0 Å². The molecule has 1 aliphatic carbocycles. The van der Waals surface area contributed by atoms with Crippen LogP contribution in [0.5, 0.6) is 0 Å². The van der Waals surface area contributed by atoms with Gasteiger partial charge in [0.05, 0.1) is 5.54 Å². The Kier molecular flexibility index (Phi) is 2.73. The van der Waals surface area contributed by atoms with Crippen molar-refractivity contribution in [2.24, 2.45) is 5.41 Å². The molecule has 1 aromatic rings. The summed E-state index contributed by atoms with van der Waals surface area (Å²) in [4.78, 5) is 2.77. The third-order valence-electron chi connectivity index (χ3n) is 7.23. The summed E-state index contributed by atoms with van der Waals surface area (Å²) < 4.78 is 0. The average Bonchev–Trinajstić information content (AvgIpc) is 3.04. The van der Waals surface area contributed by atoms with E-state index in [1.165, 1.54) is 50.9 Å². The zero-order valence-electron chi connectivity index (χ0n) is 13.2. The fourth-order valence-corrected chi connectivity index (χ4v) is 6.60. The highest BCUT2D eigenvalue weighted by molar-refractivity contribution is 5.63. The molecule has 0 amide bonds. The van der Waals surface area contributed by atoms with E-state index in [2.05, 4.69) is 34.5 Å². The number of nitrogens with zero attached hydrogens (tertiary/aromatic N) is 1. The van der Waals surface area contributed by atoms with Crippen molar-refractivity contribution < 1.29 is 5.11 Å². The van der Waals surface area contributed by atoms with Crippen molar-refractivity contribution in [3.05, 3.63) is 29.8 Å². The molecule has 0 bridgehead atoms. The van der Waals surface area contributed by atoms with Gasteiger partial charge in [0.15, 0.2) is 0 Å².